The van der Waals surface area contributed by atoms with Crippen LogP contribution in [0.4, 0.5) is 0 Å². The average Bonchev–Trinajstić information content (AvgIpc) is 3.08. The van der Waals surface area contributed by atoms with Crippen LogP contribution < -0.4 is 0 Å². The van der Waals surface area contributed by atoms with E-state index in [1.807, 2.05) is 30.3 Å². The van der Waals surface area contributed by atoms with Crippen LogP contribution in [-0.4, -0.2) is 98.5 Å². The summed E-state index contributed by atoms with van der Waals surface area (Å²) in [4.78, 5) is 50.2. The van der Waals surface area contributed by atoms with E-state index in [9.17, 15) is 19.2 Å². The van der Waals surface area contributed by atoms with Crippen molar-refractivity contribution in [3.63, 3.8) is 0 Å². The predicted molar refractivity (Wildman–Crippen MR) is 165 cm³/mol. The Hall–Kier alpha value is -4.36. The first kappa shape index (κ1) is 35.9. The van der Waals surface area contributed by atoms with Crippen molar-refractivity contribution in [1.82, 2.24) is 0 Å². The lowest BCUT2D eigenvalue weighted by atomic mass is 9.96. The van der Waals surface area contributed by atoms with Gasteiger partial charge < -0.3 is 47.4 Å². The Labute approximate surface area is 283 Å². The van der Waals surface area contributed by atoms with Gasteiger partial charge in [0.2, 0.25) is 0 Å². The molecule has 14 heteroatoms. The van der Waals surface area contributed by atoms with Crippen LogP contribution in [0.5, 0.6) is 0 Å². The fourth-order valence-corrected chi connectivity index (χ4v) is 5.87. The van der Waals surface area contributed by atoms with Crippen molar-refractivity contribution < 1.29 is 66.5 Å². The lowest BCUT2D eigenvalue weighted by Gasteiger charge is -2.50. The summed E-state index contributed by atoms with van der Waals surface area (Å²) < 4.78 is 59.8. The maximum absolute atomic E-state index is 13.6. The van der Waals surface area contributed by atoms with Gasteiger partial charge in [0.1, 0.15) is 18.8 Å². The largest absolute Gasteiger partial charge is 0.456 e. The summed E-state index contributed by atoms with van der Waals surface area (Å²) in [6.45, 7) is 4.82. The molecule has 2 aromatic carbocycles. The van der Waals surface area contributed by atoms with Gasteiger partial charge >= 0.3 is 23.9 Å². The first-order valence-electron chi connectivity index (χ1n) is 15.7. The van der Waals surface area contributed by atoms with Crippen LogP contribution in [0.1, 0.15) is 49.9 Å². The molecule has 14 nitrogen and oxygen atoms in total. The summed E-state index contributed by atoms with van der Waals surface area (Å²) in [5.74, 6) is -0.536. The number of carbonyl (C=O) groups is 4. The summed E-state index contributed by atoms with van der Waals surface area (Å²) in [5.41, 5.74) is 0.953. The molecule has 262 valence electrons. The highest BCUT2D eigenvalue weighted by molar-refractivity contribution is 5.89. The van der Waals surface area contributed by atoms with E-state index in [2.05, 4.69) is 5.92 Å². The number of benzene rings is 2. The van der Waals surface area contributed by atoms with Crippen LogP contribution >= 0.6 is 0 Å². The molecule has 49 heavy (non-hydrogen) atoms. The van der Waals surface area contributed by atoms with Gasteiger partial charge in [0.15, 0.2) is 49.4 Å². The summed E-state index contributed by atoms with van der Waals surface area (Å²) in [6, 6.07) is 17.4. The number of ether oxygens (including phenoxy) is 10. The van der Waals surface area contributed by atoms with E-state index in [1.54, 1.807) is 37.3 Å². The predicted octanol–water partition coefficient (Wildman–Crippen LogP) is 2.63. The van der Waals surface area contributed by atoms with E-state index < -0.39 is 91.6 Å². The van der Waals surface area contributed by atoms with Crippen molar-refractivity contribution in [1.29, 1.82) is 0 Å². The normalized spacial score (nSPS) is 32.4. The molecule has 0 bridgehead atoms. The maximum atomic E-state index is 13.6. The summed E-state index contributed by atoms with van der Waals surface area (Å²) in [6.07, 6.45) is -7.45. The topological polar surface area (TPSA) is 161 Å². The molecule has 3 heterocycles. The number of esters is 4. The van der Waals surface area contributed by atoms with E-state index in [1.165, 1.54) is 6.92 Å². The van der Waals surface area contributed by atoms with Gasteiger partial charge in [0, 0.05) is 26.3 Å². The summed E-state index contributed by atoms with van der Waals surface area (Å²) in [7, 11) is 0. The maximum Gasteiger partial charge on any atom is 0.338 e. The van der Waals surface area contributed by atoms with E-state index in [0.29, 0.717) is 5.56 Å². The minimum atomic E-state index is -1.50. The van der Waals surface area contributed by atoms with Gasteiger partial charge in [0.25, 0.3) is 0 Å². The SMILES string of the molecule is C#CCO[C@@H]1O[C@@H]2CO[C@@H](c3ccccc3)O[C@H]2[C@H](OC(=O)c2ccccc2)[C@H]1O[C@@H]1O[C@@H](C)[C@H](OC(C)=O)[C@@H](OC(C)=O)[C@H]1OC(C)=O. The molecular formula is C35H38O14. The zero-order valence-corrected chi connectivity index (χ0v) is 27.3. The van der Waals surface area contributed by atoms with Gasteiger partial charge in [-0.15, -0.1) is 6.42 Å². The zero-order valence-electron chi connectivity index (χ0n) is 27.3. The number of terminal acetylenes is 1. The van der Waals surface area contributed by atoms with Crippen molar-refractivity contribution >= 4 is 23.9 Å². The molecule has 2 aromatic rings. The molecule has 3 saturated heterocycles. The minimum absolute atomic E-state index is 0.0257. The molecule has 3 aliphatic heterocycles. The molecule has 0 spiro atoms. The van der Waals surface area contributed by atoms with Gasteiger partial charge in [0.05, 0.1) is 18.3 Å². The molecule has 0 aromatic heterocycles. The van der Waals surface area contributed by atoms with Crippen LogP contribution in [0.15, 0.2) is 60.7 Å². The molecule has 0 radical (unpaired) electrons. The summed E-state index contributed by atoms with van der Waals surface area (Å²) >= 11 is 0. The number of carbonyl (C=O) groups excluding carboxylic acids is 4. The molecule has 0 saturated carbocycles. The molecule has 0 aliphatic carbocycles. The van der Waals surface area contributed by atoms with Crippen molar-refractivity contribution in [3.05, 3.63) is 71.8 Å². The molecule has 0 unspecified atom stereocenters. The van der Waals surface area contributed by atoms with Crippen molar-refractivity contribution in [2.75, 3.05) is 13.2 Å². The lowest BCUT2D eigenvalue weighted by molar-refractivity contribution is -0.390. The number of rotatable bonds is 10. The average molecular weight is 683 g/mol. The second kappa shape index (κ2) is 16.4. The van der Waals surface area contributed by atoms with Gasteiger partial charge in [-0.2, -0.15) is 0 Å². The van der Waals surface area contributed by atoms with Crippen LogP contribution in [-0.2, 0) is 61.8 Å². The highest BCUT2D eigenvalue weighted by atomic mass is 16.8. The van der Waals surface area contributed by atoms with Crippen molar-refractivity contribution in [2.24, 2.45) is 0 Å². The standard InChI is InChI=1S/C35H38O14/c1-6-17-40-34-30(49-35-31(45-22(5)38)28(44-21(4)37)26(19(2)42-35)43-20(3)36)29(47-32(39)23-13-9-7-10-14-23)27-25(46-34)18-41-33(48-27)24-15-11-8-12-16-24/h1,7-16,19,25-31,33-35H,17-18H2,2-5H3/t19-,25+,26-,27+,28+,29-,30+,31+,33+,34+,35-/m0/s1. The smallest absolute Gasteiger partial charge is 0.338 e. The van der Waals surface area contributed by atoms with Crippen molar-refractivity contribution in [3.8, 4) is 12.3 Å². The van der Waals surface area contributed by atoms with Gasteiger partial charge in [-0.1, -0.05) is 54.5 Å². The third kappa shape index (κ3) is 8.82. The van der Waals surface area contributed by atoms with Crippen molar-refractivity contribution in [2.45, 2.75) is 95.4 Å². The summed E-state index contributed by atoms with van der Waals surface area (Å²) in [5, 5.41) is 0. The lowest BCUT2D eigenvalue weighted by Crippen LogP contribution is -2.67. The Bertz CT molecular complexity index is 1490. The zero-order chi connectivity index (χ0) is 35.1. The second-order valence-corrected chi connectivity index (χ2v) is 11.5. The van der Waals surface area contributed by atoms with E-state index in [-0.39, 0.29) is 18.8 Å². The fourth-order valence-electron chi connectivity index (χ4n) is 5.87. The molecule has 3 aliphatic rings. The number of fused-ring (bicyclic) bond motifs is 1. The monoisotopic (exact) mass is 682 g/mol. The first-order chi connectivity index (χ1) is 23.5. The Balaban J connectivity index is 1.54. The molecule has 0 amide bonds. The fraction of sp³-hybridized carbons (Fsp3) is 0.486. The van der Waals surface area contributed by atoms with Gasteiger partial charge in [-0.05, 0) is 19.1 Å². The quantitative estimate of drug-likeness (QED) is 0.204. The number of hydrogen-bond acceptors (Lipinski definition) is 14. The van der Waals surface area contributed by atoms with Crippen LogP contribution in [0, 0.1) is 12.3 Å². The molecule has 11 atom stereocenters. The highest BCUT2D eigenvalue weighted by Gasteiger charge is 2.57. The Morgan fingerprint density at radius 2 is 1.35 bits per heavy atom. The highest BCUT2D eigenvalue weighted by Crippen LogP contribution is 2.39. The Kier molecular flexibility index (Phi) is 12.0. The van der Waals surface area contributed by atoms with E-state index in [0.717, 1.165) is 13.8 Å². The van der Waals surface area contributed by atoms with Crippen LogP contribution in [0.2, 0.25) is 0 Å². The van der Waals surface area contributed by atoms with Crippen LogP contribution in [0.25, 0.3) is 0 Å². The molecule has 5 rings (SSSR count). The van der Waals surface area contributed by atoms with E-state index >= 15 is 0 Å². The molecular weight excluding hydrogens is 644 g/mol. The number of hydrogen-bond donors (Lipinski definition) is 0. The van der Waals surface area contributed by atoms with Gasteiger partial charge in [-0.25, -0.2) is 4.79 Å². The van der Waals surface area contributed by atoms with Crippen LogP contribution in [0.3, 0.4) is 0 Å². The molecule has 3 fully saturated rings. The Morgan fingerprint density at radius 3 is 1.98 bits per heavy atom. The van der Waals surface area contributed by atoms with Gasteiger partial charge in [-0.3, -0.25) is 14.4 Å². The second-order valence-electron chi connectivity index (χ2n) is 11.5. The Morgan fingerprint density at radius 1 is 0.735 bits per heavy atom. The van der Waals surface area contributed by atoms with E-state index in [4.69, 9.17) is 53.8 Å². The molecule has 0 N–H and O–H groups in total. The first-order valence-corrected chi connectivity index (χ1v) is 15.7. The third-order valence-electron chi connectivity index (χ3n) is 7.86. The third-order valence-corrected chi connectivity index (χ3v) is 7.86. The minimum Gasteiger partial charge on any atom is -0.456 e.